The molecule has 0 N–H and O–H groups in total. The Kier molecular flexibility index (Phi) is 5.03. The molecule has 5 nitrogen and oxygen atoms in total. The Balaban J connectivity index is 1.81. The molecule has 2 heterocycles. The third kappa shape index (κ3) is 3.82. The Bertz CT molecular complexity index is 850. The minimum Gasteiger partial charge on any atom is -0.459 e. The van der Waals surface area contributed by atoms with Gasteiger partial charge in [0.15, 0.2) is 11.5 Å². The zero-order chi connectivity index (χ0) is 17.8. The van der Waals surface area contributed by atoms with Gasteiger partial charge in [0.2, 0.25) is 0 Å². The summed E-state index contributed by atoms with van der Waals surface area (Å²) in [6.45, 7) is 7.14. The molecule has 3 rings (SSSR count). The van der Waals surface area contributed by atoms with Crippen LogP contribution in [0.1, 0.15) is 40.7 Å². The highest BCUT2D eigenvalue weighted by Gasteiger charge is 2.20. The van der Waals surface area contributed by atoms with E-state index in [4.69, 9.17) is 8.94 Å². The highest BCUT2D eigenvalue weighted by atomic mass is 16.5. The van der Waals surface area contributed by atoms with Crippen LogP contribution >= 0.6 is 0 Å². The van der Waals surface area contributed by atoms with Crippen molar-refractivity contribution in [3.05, 3.63) is 65.2 Å². The van der Waals surface area contributed by atoms with E-state index in [2.05, 4.69) is 23.4 Å². The molecule has 0 aliphatic heterocycles. The van der Waals surface area contributed by atoms with Gasteiger partial charge in [-0.05, 0) is 44.0 Å². The molecule has 3 aromatic rings. The van der Waals surface area contributed by atoms with E-state index in [1.165, 1.54) is 11.8 Å². The minimum absolute atomic E-state index is 0.136. The van der Waals surface area contributed by atoms with Gasteiger partial charge in [-0.2, -0.15) is 0 Å². The van der Waals surface area contributed by atoms with Crippen molar-refractivity contribution >= 4 is 5.91 Å². The molecule has 1 amide bonds. The van der Waals surface area contributed by atoms with Crippen LogP contribution in [0.15, 0.2) is 51.6 Å². The lowest BCUT2D eigenvalue weighted by molar-refractivity contribution is 0.0707. The molecule has 0 saturated carbocycles. The van der Waals surface area contributed by atoms with Gasteiger partial charge in [-0.3, -0.25) is 4.79 Å². The van der Waals surface area contributed by atoms with E-state index in [0.717, 1.165) is 29.0 Å². The summed E-state index contributed by atoms with van der Waals surface area (Å²) >= 11 is 0. The van der Waals surface area contributed by atoms with Gasteiger partial charge in [0.05, 0.1) is 12.8 Å². The third-order valence-corrected chi connectivity index (χ3v) is 4.08. The number of rotatable bonds is 6. The summed E-state index contributed by atoms with van der Waals surface area (Å²) in [5, 5.41) is 4.15. The summed E-state index contributed by atoms with van der Waals surface area (Å²) < 4.78 is 10.8. The first kappa shape index (κ1) is 17.0. The molecule has 0 spiro atoms. The van der Waals surface area contributed by atoms with E-state index in [0.29, 0.717) is 18.8 Å². The quantitative estimate of drug-likeness (QED) is 0.659. The van der Waals surface area contributed by atoms with Crippen LogP contribution in [-0.4, -0.2) is 22.5 Å². The number of aromatic nitrogens is 1. The molecule has 0 aliphatic rings. The lowest BCUT2D eigenvalue weighted by Crippen LogP contribution is -2.31. The van der Waals surface area contributed by atoms with Crippen LogP contribution in [-0.2, 0) is 6.54 Å². The molecule has 25 heavy (non-hydrogen) atoms. The fourth-order valence-electron chi connectivity index (χ4n) is 2.79. The zero-order valence-corrected chi connectivity index (χ0v) is 14.8. The number of carbonyl (C=O) groups excluding carboxylic acids is 1. The van der Waals surface area contributed by atoms with E-state index in [-0.39, 0.29) is 5.91 Å². The number of hydrogen-bond donors (Lipinski definition) is 0. The van der Waals surface area contributed by atoms with E-state index < -0.39 is 0 Å². The van der Waals surface area contributed by atoms with Crippen molar-refractivity contribution in [1.29, 1.82) is 0 Å². The van der Waals surface area contributed by atoms with Crippen LogP contribution < -0.4 is 0 Å². The molecule has 2 aromatic heterocycles. The minimum atomic E-state index is -0.136. The van der Waals surface area contributed by atoms with E-state index in [1.807, 2.05) is 26.8 Å². The second-order valence-corrected chi connectivity index (χ2v) is 6.20. The van der Waals surface area contributed by atoms with E-state index in [9.17, 15) is 4.79 Å². The molecule has 0 aliphatic carbocycles. The number of hydrogen-bond acceptors (Lipinski definition) is 4. The van der Waals surface area contributed by atoms with Gasteiger partial charge >= 0.3 is 0 Å². The van der Waals surface area contributed by atoms with Crippen LogP contribution in [0, 0.1) is 13.8 Å². The van der Waals surface area contributed by atoms with Crippen molar-refractivity contribution in [1.82, 2.24) is 10.1 Å². The summed E-state index contributed by atoms with van der Waals surface area (Å²) in [6.07, 6.45) is 2.36. The van der Waals surface area contributed by atoms with Gasteiger partial charge in [0, 0.05) is 18.2 Å². The first-order valence-electron chi connectivity index (χ1n) is 8.44. The highest BCUT2D eigenvalue weighted by molar-refractivity contribution is 5.91. The Hall–Kier alpha value is -2.82. The monoisotopic (exact) mass is 338 g/mol. The van der Waals surface area contributed by atoms with Crippen LogP contribution in [0.25, 0.3) is 11.3 Å². The molecule has 5 heteroatoms. The molecule has 0 radical (unpaired) electrons. The van der Waals surface area contributed by atoms with Crippen molar-refractivity contribution in [3.8, 4) is 11.3 Å². The van der Waals surface area contributed by atoms with E-state index >= 15 is 0 Å². The predicted molar refractivity (Wildman–Crippen MR) is 95.2 cm³/mol. The molecule has 0 unspecified atom stereocenters. The summed E-state index contributed by atoms with van der Waals surface area (Å²) in [4.78, 5) is 14.3. The maximum absolute atomic E-state index is 12.5. The maximum Gasteiger partial charge on any atom is 0.289 e. The van der Waals surface area contributed by atoms with Crippen LogP contribution in [0.3, 0.4) is 0 Å². The lowest BCUT2D eigenvalue weighted by Gasteiger charge is -2.19. The normalized spacial score (nSPS) is 10.8. The van der Waals surface area contributed by atoms with Crippen molar-refractivity contribution in [2.75, 3.05) is 6.54 Å². The van der Waals surface area contributed by atoms with Crippen LogP contribution in [0.5, 0.6) is 0 Å². The van der Waals surface area contributed by atoms with Crippen molar-refractivity contribution in [2.24, 2.45) is 0 Å². The Labute approximate surface area is 147 Å². The van der Waals surface area contributed by atoms with Gasteiger partial charge < -0.3 is 13.8 Å². The van der Waals surface area contributed by atoms with E-state index in [1.54, 1.807) is 17.0 Å². The molecule has 0 bridgehead atoms. The molecule has 1 aromatic carbocycles. The van der Waals surface area contributed by atoms with Crippen molar-refractivity contribution in [3.63, 3.8) is 0 Å². The molecule has 0 fully saturated rings. The Morgan fingerprint density at radius 1 is 1.20 bits per heavy atom. The van der Waals surface area contributed by atoms with Gasteiger partial charge in [0.25, 0.3) is 5.91 Å². The van der Waals surface area contributed by atoms with Crippen molar-refractivity contribution in [2.45, 2.75) is 33.7 Å². The Morgan fingerprint density at radius 2 is 2.04 bits per heavy atom. The number of nitrogens with zero attached hydrogens (tertiary/aromatic N) is 2. The summed E-state index contributed by atoms with van der Waals surface area (Å²) in [7, 11) is 0. The van der Waals surface area contributed by atoms with Crippen LogP contribution in [0.4, 0.5) is 0 Å². The molecule has 0 atom stereocenters. The standard InChI is InChI=1S/C20H22N2O3/c1-4-9-22(20(23)18-6-5-10-24-18)13-16-12-19(25-21-16)17-11-14(2)7-8-15(17)3/h5-8,10-12H,4,9,13H2,1-3H3. The molecular formula is C20H22N2O3. The fraction of sp³-hybridized carbons (Fsp3) is 0.300. The average molecular weight is 338 g/mol. The molecule has 0 saturated heterocycles. The molecular weight excluding hydrogens is 316 g/mol. The zero-order valence-electron chi connectivity index (χ0n) is 14.8. The van der Waals surface area contributed by atoms with Crippen molar-refractivity contribution < 1.29 is 13.7 Å². The smallest absolute Gasteiger partial charge is 0.289 e. The van der Waals surface area contributed by atoms with Gasteiger partial charge in [-0.15, -0.1) is 0 Å². The number of aryl methyl sites for hydroxylation is 2. The second-order valence-electron chi connectivity index (χ2n) is 6.20. The first-order chi connectivity index (χ1) is 12.1. The first-order valence-corrected chi connectivity index (χ1v) is 8.44. The van der Waals surface area contributed by atoms with Gasteiger partial charge in [-0.1, -0.05) is 29.8 Å². The summed E-state index contributed by atoms with van der Waals surface area (Å²) in [6, 6.07) is 11.5. The molecule has 130 valence electrons. The number of amides is 1. The largest absolute Gasteiger partial charge is 0.459 e. The van der Waals surface area contributed by atoms with Crippen LogP contribution in [0.2, 0.25) is 0 Å². The fourth-order valence-corrected chi connectivity index (χ4v) is 2.79. The Morgan fingerprint density at radius 3 is 2.76 bits per heavy atom. The highest BCUT2D eigenvalue weighted by Crippen LogP contribution is 2.26. The third-order valence-electron chi connectivity index (χ3n) is 4.08. The second kappa shape index (κ2) is 7.38. The van der Waals surface area contributed by atoms with Gasteiger partial charge in [-0.25, -0.2) is 0 Å². The summed E-state index contributed by atoms with van der Waals surface area (Å²) in [5.41, 5.74) is 4.05. The number of benzene rings is 1. The number of furan rings is 1. The lowest BCUT2D eigenvalue weighted by atomic mass is 10.0. The topological polar surface area (TPSA) is 59.5 Å². The van der Waals surface area contributed by atoms with Gasteiger partial charge in [0.1, 0.15) is 5.69 Å². The predicted octanol–water partition coefficient (Wildman–Crippen LogP) is 4.60. The average Bonchev–Trinajstić information content (AvgIpc) is 3.28. The number of carbonyl (C=O) groups is 1. The summed E-state index contributed by atoms with van der Waals surface area (Å²) in [5.74, 6) is 0.924. The SMILES string of the molecule is CCCN(Cc1cc(-c2cc(C)ccc2C)on1)C(=O)c1ccco1. The maximum atomic E-state index is 12.5.